The Balaban J connectivity index is 4.13. The van der Waals surface area contributed by atoms with Gasteiger partial charge in [0.1, 0.15) is 18.4 Å². The number of amidine groups is 2. The van der Waals surface area contributed by atoms with Gasteiger partial charge >= 0.3 is 0 Å². The Bertz CT molecular complexity index is 754. The number of aliphatic hydroxyl groups excluding tert-OH is 4. The molecule has 0 aromatic heterocycles. The molecule has 11 N–H and O–H groups in total. The van der Waals surface area contributed by atoms with Gasteiger partial charge in [-0.25, -0.2) is 0 Å². The molecule has 0 heterocycles. The number of aliphatic hydroxyl groups is 4. The second-order valence-corrected chi connectivity index (χ2v) is 11.8. The van der Waals surface area contributed by atoms with Gasteiger partial charge in [0.15, 0.2) is 0 Å². The minimum atomic E-state index is -1.71. The number of hydrogen-bond donors (Lipinski definition) is 9. The number of aliphatic imine (C=N–C) groups is 2. The highest BCUT2D eigenvalue weighted by Gasteiger charge is 2.32. The number of nitrogens with one attached hydrogen (secondary N) is 3. The standard InChI is InChI=1S/C28H59N7O5/c1-7-28(6,8-2)35-23(37)19-20(36)24(38)25(39)26(40)33-16-15-31-21(29)13-11-9-10-12-14-22(30)32-17-18-34-27(3,4)5/h20,24-26,33-34,36,38-40H,7-19H2,1-6H3,(H2,29,31)(H2,30,32)(H,35,37)/t20-,24+,25+,26-/m0/s1. The van der Waals surface area contributed by atoms with Gasteiger partial charge in [-0.3, -0.25) is 20.1 Å². The molecule has 0 aromatic carbocycles. The summed E-state index contributed by atoms with van der Waals surface area (Å²) in [5, 5.41) is 49.5. The van der Waals surface area contributed by atoms with Gasteiger partial charge in [0.2, 0.25) is 5.91 Å². The maximum absolute atomic E-state index is 12.2. The van der Waals surface area contributed by atoms with Crippen LogP contribution in [0, 0.1) is 0 Å². The van der Waals surface area contributed by atoms with Crippen molar-refractivity contribution in [2.45, 2.75) is 135 Å². The van der Waals surface area contributed by atoms with E-state index >= 15 is 0 Å². The smallest absolute Gasteiger partial charge is 0.223 e. The molecule has 0 spiro atoms. The maximum atomic E-state index is 12.2. The molecular formula is C28H59N7O5. The fraction of sp³-hybridized carbons (Fsp3) is 0.893. The topological polar surface area (TPSA) is 211 Å². The van der Waals surface area contributed by atoms with E-state index in [0.717, 1.165) is 38.6 Å². The molecule has 4 atom stereocenters. The second-order valence-electron chi connectivity index (χ2n) is 11.8. The summed E-state index contributed by atoms with van der Waals surface area (Å²) >= 11 is 0. The molecule has 0 rings (SSSR count). The van der Waals surface area contributed by atoms with E-state index in [1.165, 1.54) is 0 Å². The van der Waals surface area contributed by atoms with Gasteiger partial charge < -0.3 is 42.5 Å². The van der Waals surface area contributed by atoms with E-state index in [2.05, 4.69) is 46.7 Å². The zero-order chi connectivity index (χ0) is 30.8. The van der Waals surface area contributed by atoms with Crippen molar-refractivity contribution in [3.63, 3.8) is 0 Å². The molecule has 1 amide bonds. The number of nitrogens with zero attached hydrogens (tertiary/aromatic N) is 2. The molecule has 0 unspecified atom stereocenters. The highest BCUT2D eigenvalue weighted by atomic mass is 16.4. The van der Waals surface area contributed by atoms with Crippen molar-refractivity contribution in [1.82, 2.24) is 16.0 Å². The third-order valence-electron chi connectivity index (χ3n) is 6.94. The van der Waals surface area contributed by atoms with Crippen molar-refractivity contribution in [3.05, 3.63) is 0 Å². The van der Waals surface area contributed by atoms with Crippen LogP contribution in [0.2, 0.25) is 0 Å². The van der Waals surface area contributed by atoms with Crippen LogP contribution in [0.25, 0.3) is 0 Å². The summed E-state index contributed by atoms with van der Waals surface area (Å²) < 4.78 is 0. The molecule has 0 aromatic rings. The third-order valence-corrected chi connectivity index (χ3v) is 6.94. The van der Waals surface area contributed by atoms with Crippen molar-refractivity contribution >= 4 is 17.6 Å². The van der Waals surface area contributed by atoms with Crippen LogP contribution in [0.4, 0.5) is 0 Å². The average molecular weight is 574 g/mol. The van der Waals surface area contributed by atoms with Crippen LogP contribution in [0.15, 0.2) is 9.98 Å². The highest BCUT2D eigenvalue weighted by Crippen LogP contribution is 2.15. The Morgan fingerprint density at radius 2 is 1.30 bits per heavy atom. The summed E-state index contributed by atoms with van der Waals surface area (Å²) in [6.07, 6.45) is -0.0205. The zero-order valence-corrected chi connectivity index (χ0v) is 25.7. The molecule has 0 saturated heterocycles. The summed E-state index contributed by atoms with van der Waals surface area (Å²) in [6, 6.07) is 0. The number of nitrogens with two attached hydrogens (primary N) is 2. The fourth-order valence-corrected chi connectivity index (χ4v) is 3.83. The molecule has 0 bridgehead atoms. The Labute approximate surface area is 241 Å². The van der Waals surface area contributed by atoms with Crippen LogP contribution >= 0.6 is 0 Å². The van der Waals surface area contributed by atoms with Crippen molar-refractivity contribution in [3.8, 4) is 0 Å². The highest BCUT2D eigenvalue weighted by molar-refractivity contribution is 5.80. The van der Waals surface area contributed by atoms with Crippen LogP contribution in [0.5, 0.6) is 0 Å². The van der Waals surface area contributed by atoms with Gasteiger partial charge in [-0.15, -0.1) is 0 Å². The van der Waals surface area contributed by atoms with Crippen molar-refractivity contribution in [2.24, 2.45) is 21.5 Å². The molecule has 0 fully saturated rings. The lowest BCUT2D eigenvalue weighted by Crippen LogP contribution is -2.52. The molecule has 0 aliphatic carbocycles. The number of hydrogen-bond acceptors (Lipinski definition) is 9. The van der Waals surface area contributed by atoms with E-state index in [4.69, 9.17) is 11.5 Å². The van der Waals surface area contributed by atoms with Crippen LogP contribution < -0.4 is 27.4 Å². The lowest BCUT2D eigenvalue weighted by Gasteiger charge is -2.30. The predicted molar refractivity (Wildman–Crippen MR) is 162 cm³/mol. The van der Waals surface area contributed by atoms with E-state index in [0.29, 0.717) is 37.5 Å². The predicted octanol–water partition coefficient (Wildman–Crippen LogP) is 0.505. The van der Waals surface area contributed by atoms with Crippen molar-refractivity contribution in [1.29, 1.82) is 0 Å². The largest absolute Gasteiger partial charge is 0.390 e. The molecule has 236 valence electrons. The maximum Gasteiger partial charge on any atom is 0.223 e. The van der Waals surface area contributed by atoms with Crippen LogP contribution in [0.1, 0.15) is 99.3 Å². The monoisotopic (exact) mass is 573 g/mol. The second kappa shape index (κ2) is 20.1. The third kappa shape index (κ3) is 18.5. The Morgan fingerprint density at radius 3 is 1.77 bits per heavy atom. The number of rotatable bonds is 22. The molecule has 40 heavy (non-hydrogen) atoms. The molecule has 12 nitrogen and oxygen atoms in total. The van der Waals surface area contributed by atoms with Crippen LogP contribution in [0.3, 0.4) is 0 Å². The first-order valence-electron chi connectivity index (χ1n) is 14.7. The van der Waals surface area contributed by atoms with E-state index < -0.39 is 42.4 Å². The first-order valence-corrected chi connectivity index (χ1v) is 14.7. The first kappa shape index (κ1) is 38.2. The molecular weight excluding hydrogens is 514 g/mol. The summed E-state index contributed by atoms with van der Waals surface area (Å²) in [6.45, 7) is 14.1. The number of carbonyl (C=O) groups is 1. The SMILES string of the molecule is CCC(C)(CC)NC(=O)C[C@H](O)[C@@H](O)[C@@H](O)[C@H](O)NCCN=C(N)CCCCCCC(N)=NCCNC(C)(C)C. The number of amides is 1. The average Bonchev–Trinajstić information content (AvgIpc) is 2.89. The van der Waals surface area contributed by atoms with Crippen molar-refractivity contribution in [2.75, 3.05) is 26.2 Å². The Morgan fingerprint density at radius 1 is 0.800 bits per heavy atom. The summed E-state index contributed by atoms with van der Waals surface area (Å²) in [4.78, 5) is 20.9. The summed E-state index contributed by atoms with van der Waals surface area (Å²) in [5.41, 5.74) is 11.6. The van der Waals surface area contributed by atoms with E-state index in [1.807, 2.05) is 20.8 Å². The van der Waals surface area contributed by atoms with E-state index in [9.17, 15) is 25.2 Å². The van der Waals surface area contributed by atoms with E-state index in [-0.39, 0.29) is 18.6 Å². The molecule has 0 aliphatic rings. The minimum absolute atomic E-state index is 0.0798. The van der Waals surface area contributed by atoms with Crippen LogP contribution in [-0.4, -0.2) is 99.8 Å². The first-order chi connectivity index (χ1) is 18.6. The van der Waals surface area contributed by atoms with Gasteiger partial charge in [0.25, 0.3) is 0 Å². The van der Waals surface area contributed by atoms with Crippen LogP contribution in [-0.2, 0) is 4.79 Å². The van der Waals surface area contributed by atoms with Gasteiger partial charge in [-0.2, -0.15) is 0 Å². The normalized spacial score (nSPS) is 16.4. The Hall–Kier alpha value is -1.83. The summed E-state index contributed by atoms with van der Waals surface area (Å²) in [5.74, 6) is 0.766. The number of carbonyl (C=O) groups excluding carboxylic acids is 1. The minimum Gasteiger partial charge on any atom is -0.390 e. The molecule has 0 aliphatic heterocycles. The quantitative estimate of drug-likeness (QED) is 0.0381. The fourth-order valence-electron chi connectivity index (χ4n) is 3.83. The molecule has 0 saturated carbocycles. The summed E-state index contributed by atoms with van der Waals surface area (Å²) in [7, 11) is 0. The van der Waals surface area contributed by atoms with Gasteiger partial charge in [0.05, 0.1) is 37.3 Å². The van der Waals surface area contributed by atoms with Crippen molar-refractivity contribution < 1.29 is 25.2 Å². The van der Waals surface area contributed by atoms with Gasteiger partial charge in [-0.1, -0.05) is 26.7 Å². The lowest BCUT2D eigenvalue weighted by molar-refractivity contribution is -0.135. The zero-order valence-electron chi connectivity index (χ0n) is 25.7. The number of unbranched alkanes of at least 4 members (excludes halogenated alkanes) is 3. The van der Waals surface area contributed by atoms with E-state index in [1.54, 1.807) is 0 Å². The molecule has 0 radical (unpaired) electrons. The Kier molecular flexibility index (Phi) is 19.2. The molecule has 12 heteroatoms. The van der Waals surface area contributed by atoms with Gasteiger partial charge in [-0.05, 0) is 53.4 Å². The lowest BCUT2D eigenvalue weighted by atomic mass is 9.94. The van der Waals surface area contributed by atoms with Gasteiger partial charge in [0, 0.05) is 37.0 Å².